The molecule has 0 N–H and O–H groups in total. The van der Waals surface area contributed by atoms with Gasteiger partial charge in [-0.25, -0.2) is 8.78 Å². The molecule has 0 aromatic heterocycles. The van der Waals surface area contributed by atoms with Crippen LogP contribution in [0.5, 0.6) is 0 Å². The maximum atomic E-state index is 13.4. The molecule has 0 saturated carbocycles. The third kappa shape index (κ3) is 2.08. The van der Waals surface area contributed by atoms with Crippen molar-refractivity contribution in [2.45, 2.75) is 13.8 Å². The molecule has 1 aromatic carbocycles. The monoisotopic (exact) mass is 194 g/mol. The van der Waals surface area contributed by atoms with E-state index in [2.05, 4.69) is 6.58 Å². The van der Waals surface area contributed by atoms with Gasteiger partial charge >= 0.3 is 0 Å². The first-order valence-corrected chi connectivity index (χ1v) is 4.34. The van der Waals surface area contributed by atoms with Crippen LogP contribution in [0.4, 0.5) is 8.78 Å². The zero-order chi connectivity index (χ0) is 10.7. The maximum Gasteiger partial charge on any atom is 0.134 e. The van der Waals surface area contributed by atoms with Gasteiger partial charge in [0.1, 0.15) is 11.6 Å². The minimum atomic E-state index is -0.569. The predicted octanol–water partition coefficient (Wildman–Crippen LogP) is 4.03. The van der Waals surface area contributed by atoms with Gasteiger partial charge in [0, 0.05) is 11.6 Å². The van der Waals surface area contributed by atoms with Gasteiger partial charge in [-0.15, -0.1) is 0 Å². The van der Waals surface area contributed by atoms with Gasteiger partial charge in [0.25, 0.3) is 0 Å². The second kappa shape index (κ2) is 4.18. The smallest absolute Gasteiger partial charge is 0.134 e. The highest BCUT2D eigenvalue weighted by Crippen LogP contribution is 2.23. The molecule has 0 aliphatic heterocycles. The molecule has 74 valence electrons. The summed E-state index contributed by atoms with van der Waals surface area (Å²) in [6, 6.07) is 2.17. The predicted molar refractivity (Wildman–Crippen MR) is 55.8 cm³/mol. The Labute approximate surface area is 82.6 Å². The summed E-state index contributed by atoms with van der Waals surface area (Å²) in [5.74, 6) is -1.13. The van der Waals surface area contributed by atoms with Crippen LogP contribution in [0.2, 0.25) is 0 Å². The fourth-order valence-electron chi connectivity index (χ4n) is 1.35. The summed E-state index contributed by atoms with van der Waals surface area (Å²) in [5.41, 5.74) is 1.50. The number of rotatable bonds is 2. The Morgan fingerprint density at radius 3 is 2.50 bits per heavy atom. The van der Waals surface area contributed by atoms with Crippen LogP contribution in [-0.2, 0) is 0 Å². The molecule has 0 saturated heterocycles. The quantitative estimate of drug-likeness (QED) is 0.666. The minimum absolute atomic E-state index is 0.379. The second-order valence-electron chi connectivity index (χ2n) is 3.13. The molecule has 0 atom stereocenters. The van der Waals surface area contributed by atoms with Crippen molar-refractivity contribution in [1.29, 1.82) is 0 Å². The number of halogens is 2. The molecule has 0 radical (unpaired) electrons. The van der Waals surface area contributed by atoms with E-state index >= 15 is 0 Å². The molecule has 0 aliphatic carbocycles. The van der Waals surface area contributed by atoms with Crippen LogP contribution >= 0.6 is 0 Å². The summed E-state index contributed by atoms with van der Waals surface area (Å²) < 4.78 is 26.2. The molecule has 0 amide bonds. The zero-order valence-electron chi connectivity index (χ0n) is 8.27. The Kier molecular flexibility index (Phi) is 3.18. The molecule has 14 heavy (non-hydrogen) atoms. The molecule has 0 nitrogen and oxygen atoms in total. The van der Waals surface area contributed by atoms with Crippen molar-refractivity contribution >= 4 is 11.6 Å². The zero-order valence-corrected chi connectivity index (χ0v) is 8.27. The van der Waals surface area contributed by atoms with Crippen LogP contribution in [-0.4, -0.2) is 0 Å². The van der Waals surface area contributed by atoms with Gasteiger partial charge in [-0.1, -0.05) is 18.7 Å². The maximum absolute atomic E-state index is 13.4. The van der Waals surface area contributed by atoms with Crippen LogP contribution in [0.25, 0.3) is 11.6 Å². The van der Waals surface area contributed by atoms with Crippen LogP contribution < -0.4 is 0 Å². The van der Waals surface area contributed by atoms with Gasteiger partial charge < -0.3 is 0 Å². The molecule has 1 aromatic rings. The molecular formula is C12H12F2. The van der Waals surface area contributed by atoms with E-state index in [1.54, 1.807) is 26.0 Å². The molecule has 0 heterocycles. The van der Waals surface area contributed by atoms with Crippen LogP contribution in [0.1, 0.15) is 25.0 Å². The van der Waals surface area contributed by atoms with E-state index in [0.29, 0.717) is 16.7 Å². The van der Waals surface area contributed by atoms with E-state index < -0.39 is 11.6 Å². The molecule has 2 heteroatoms. The summed E-state index contributed by atoms with van der Waals surface area (Å²) in [7, 11) is 0. The van der Waals surface area contributed by atoms with Gasteiger partial charge in [0.15, 0.2) is 0 Å². The van der Waals surface area contributed by atoms with E-state index in [0.717, 1.165) is 6.07 Å². The van der Waals surface area contributed by atoms with Crippen molar-refractivity contribution in [1.82, 2.24) is 0 Å². The Morgan fingerprint density at radius 2 is 2.00 bits per heavy atom. The minimum Gasteiger partial charge on any atom is -0.207 e. The van der Waals surface area contributed by atoms with Gasteiger partial charge in [-0.2, -0.15) is 0 Å². The van der Waals surface area contributed by atoms with Crippen molar-refractivity contribution in [3.8, 4) is 0 Å². The van der Waals surface area contributed by atoms with Crippen molar-refractivity contribution in [2.24, 2.45) is 0 Å². The molecule has 0 aliphatic rings. The van der Waals surface area contributed by atoms with Crippen molar-refractivity contribution < 1.29 is 8.78 Å². The van der Waals surface area contributed by atoms with Crippen molar-refractivity contribution in [3.63, 3.8) is 0 Å². The summed E-state index contributed by atoms with van der Waals surface area (Å²) in [5, 5.41) is 0. The fraction of sp³-hybridized carbons (Fsp3) is 0.167. The molecular weight excluding hydrogens is 182 g/mol. The third-order valence-electron chi connectivity index (χ3n) is 1.86. The highest BCUT2D eigenvalue weighted by molar-refractivity contribution is 5.72. The molecule has 0 fully saturated rings. The first kappa shape index (κ1) is 10.6. The number of hydrogen-bond acceptors (Lipinski definition) is 0. The number of allylic oxidation sites excluding steroid dienone is 2. The first-order chi connectivity index (χ1) is 6.56. The summed E-state index contributed by atoms with van der Waals surface area (Å²) in [4.78, 5) is 0. The van der Waals surface area contributed by atoms with Gasteiger partial charge in [0.05, 0.1) is 0 Å². The normalized spacial score (nSPS) is 10.9. The number of benzene rings is 1. The van der Waals surface area contributed by atoms with Crippen LogP contribution in [0, 0.1) is 11.6 Å². The summed E-state index contributed by atoms with van der Waals surface area (Å²) in [6.07, 6.45) is 3.40. The highest BCUT2D eigenvalue weighted by atomic mass is 19.1. The van der Waals surface area contributed by atoms with Crippen LogP contribution in [0.3, 0.4) is 0 Å². The summed E-state index contributed by atoms with van der Waals surface area (Å²) >= 11 is 0. The molecule has 1 rings (SSSR count). The van der Waals surface area contributed by atoms with Crippen LogP contribution in [0.15, 0.2) is 24.8 Å². The lowest BCUT2D eigenvalue weighted by Crippen LogP contribution is -1.93. The first-order valence-electron chi connectivity index (χ1n) is 4.34. The van der Waals surface area contributed by atoms with Gasteiger partial charge in [0.2, 0.25) is 0 Å². The van der Waals surface area contributed by atoms with E-state index in [4.69, 9.17) is 0 Å². The molecule has 0 unspecified atom stereocenters. The van der Waals surface area contributed by atoms with E-state index in [9.17, 15) is 8.78 Å². The third-order valence-corrected chi connectivity index (χ3v) is 1.86. The van der Waals surface area contributed by atoms with Gasteiger partial charge in [-0.05, 0) is 31.1 Å². The number of hydrogen-bond donors (Lipinski definition) is 0. The Hall–Kier alpha value is -1.44. The molecule has 0 spiro atoms. The standard InChI is InChI=1S/C12H12F2/c1-4-5-9-6-10(13)7-11(14)12(9)8(2)3/h4-7H,2H2,1,3H3/b5-4-. The Balaban J connectivity index is 3.44. The lowest BCUT2D eigenvalue weighted by molar-refractivity contribution is 0.580. The largest absolute Gasteiger partial charge is 0.207 e. The SMILES string of the molecule is C=C(C)c1c(F)cc(F)cc1/C=C\C. The lowest BCUT2D eigenvalue weighted by Gasteiger charge is -2.07. The highest BCUT2D eigenvalue weighted by Gasteiger charge is 2.09. The lowest BCUT2D eigenvalue weighted by atomic mass is 10.0. The molecule has 0 bridgehead atoms. The second-order valence-corrected chi connectivity index (χ2v) is 3.13. The van der Waals surface area contributed by atoms with Gasteiger partial charge in [-0.3, -0.25) is 0 Å². The van der Waals surface area contributed by atoms with Crippen molar-refractivity contribution in [3.05, 3.63) is 47.5 Å². The average molecular weight is 194 g/mol. The average Bonchev–Trinajstić information content (AvgIpc) is 2.01. The Morgan fingerprint density at radius 1 is 1.36 bits per heavy atom. The van der Waals surface area contributed by atoms with E-state index in [1.165, 1.54) is 6.07 Å². The van der Waals surface area contributed by atoms with E-state index in [-0.39, 0.29) is 0 Å². The fourth-order valence-corrected chi connectivity index (χ4v) is 1.35. The Bertz CT molecular complexity index is 390. The topological polar surface area (TPSA) is 0 Å². The van der Waals surface area contributed by atoms with E-state index in [1.807, 2.05) is 0 Å². The summed E-state index contributed by atoms with van der Waals surface area (Å²) in [6.45, 7) is 7.16. The van der Waals surface area contributed by atoms with Crippen molar-refractivity contribution in [2.75, 3.05) is 0 Å².